The molecule has 180 valence electrons. The molecule has 3 aliphatic heterocycles. The smallest absolute Gasteiger partial charge is 0.258 e. The minimum absolute atomic E-state index is 0.140. The number of nitrogens with zero attached hydrogens (tertiary/aromatic N) is 5. The van der Waals surface area contributed by atoms with Crippen molar-refractivity contribution in [1.82, 2.24) is 24.6 Å². The molecule has 2 fully saturated rings. The Balaban J connectivity index is 1.21. The van der Waals surface area contributed by atoms with Gasteiger partial charge < -0.3 is 15.4 Å². The number of hydrogen-bond donors (Lipinski definition) is 2. The van der Waals surface area contributed by atoms with Gasteiger partial charge in [0.05, 0.1) is 48.4 Å². The normalized spacial score (nSPS) is 20.3. The highest BCUT2D eigenvalue weighted by molar-refractivity contribution is 6.32. The summed E-state index contributed by atoms with van der Waals surface area (Å²) in [5.74, 6) is 0.599. The Kier molecular flexibility index (Phi) is 5.58. The molecule has 35 heavy (non-hydrogen) atoms. The number of rotatable bonds is 5. The number of pyridine rings is 2. The molecule has 2 N–H and O–H groups in total. The first-order chi connectivity index (χ1) is 17.1. The van der Waals surface area contributed by atoms with Gasteiger partial charge in [0.15, 0.2) is 5.82 Å². The van der Waals surface area contributed by atoms with Gasteiger partial charge in [-0.05, 0) is 44.4 Å². The molecule has 0 aliphatic carbocycles. The first-order valence-electron chi connectivity index (χ1n) is 12.1. The summed E-state index contributed by atoms with van der Waals surface area (Å²) < 4.78 is 7.40. The summed E-state index contributed by atoms with van der Waals surface area (Å²) in [6, 6.07) is 6.87. The molecule has 6 rings (SSSR count). The van der Waals surface area contributed by atoms with E-state index in [1.807, 2.05) is 38.2 Å². The van der Waals surface area contributed by atoms with Crippen LogP contribution in [0.3, 0.4) is 0 Å². The van der Waals surface area contributed by atoms with Crippen molar-refractivity contribution in [2.45, 2.75) is 38.8 Å². The van der Waals surface area contributed by atoms with Crippen LogP contribution in [0.4, 0.5) is 11.5 Å². The lowest BCUT2D eigenvalue weighted by Gasteiger charge is -2.41. The fraction of sp³-hybridized carbons (Fsp3) is 0.385. The second-order valence-corrected chi connectivity index (χ2v) is 9.52. The molecule has 3 aromatic rings. The summed E-state index contributed by atoms with van der Waals surface area (Å²) in [6.07, 6.45) is 9.48. The number of carbonyl (C=O) groups excluding carboxylic acids is 1. The average molecular weight is 472 g/mol. The van der Waals surface area contributed by atoms with E-state index in [4.69, 9.17) is 9.84 Å². The quantitative estimate of drug-likeness (QED) is 0.550. The Morgan fingerprint density at radius 1 is 1.14 bits per heavy atom. The highest BCUT2D eigenvalue weighted by atomic mass is 16.5. The number of piperidine rings is 1. The Bertz CT molecular complexity index is 1300. The predicted octanol–water partition coefficient (Wildman–Crippen LogP) is 3.48. The molecule has 0 aromatic carbocycles. The molecule has 0 unspecified atom stereocenters. The summed E-state index contributed by atoms with van der Waals surface area (Å²) in [7, 11) is 0. The van der Waals surface area contributed by atoms with Gasteiger partial charge in [0.2, 0.25) is 0 Å². The number of ether oxygens (including phenoxy) is 1. The number of allylic oxidation sites excluding steroid dienone is 1. The number of anilines is 2. The Hall–Kier alpha value is -3.56. The zero-order valence-electron chi connectivity index (χ0n) is 20.0. The lowest BCUT2D eigenvalue weighted by molar-refractivity contribution is -0.110. The van der Waals surface area contributed by atoms with Gasteiger partial charge in [0.1, 0.15) is 0 Å². The van der Waals surface area contributed by atoms with Gasteiger partial charge in [-0.1, -0.05) is 0 Å². The van der Waals surface area contributed by atoms with E-state index in [1.54, 1.807) is 18.6 Å². The molecular formula is C26H29N7O2. The monoisotopic (exact) mass is 471 g/mol. The third-order valence-electron chi connectivity index (χ3n) is 7.27. The van der Waals surface area contributed by atoms with Crippen LogP contribution in [0.2, 0.25) is 0 Å². The largest absolute Gasteiger partial charge is 0.378 e. The van der Waals surface area contributed by atoms with Crippen molar-refractivity contribution in [3.05, 3.63) is 59.8 Å². The van der Waals surface area contributed by atoms with Crippen molar-refractivity contribution in [2.75, 3.05) is 36.9 Å². The first-order valence-corrected chi connectivity index (χ1v) is 12.1. The molecule has 3 aliphatic rings. The first kappa shape index (κ1) is 21.9. The van der Waals surface area contributed by atoms with Crippen LogP contribution in [0, 0.1) is 6.92 Å². The van der Waals surface area contributed by atoms with E-state index < -0.39 is 0 Å². The van der Waals surface area contributed by atoms with Crippen LogP contribution in [0.15, 0.2) is 48.7 Å². The number of fused-ring (bicyclic) bond motifs is 1. The zero-order valence-corrected chi connectivity index (χ0v) is 20.0. The molecule has 0 saturated carbocycles. The van der Waals surface area contributed by atoms with Crippen LogP contribution in [0.1, 0.15) is 36.9 Å². The van der Waals surface area contributed by atoms with E-state index >= 15 is 0 Å². The SMILES string of the molecule is C/C(Nc1ccn(C2CCN(C3COC3)CC2)n1)=C1/C(=O)Nc2cnc(-c3cnccc3C)cc21. The number of amides is 1. The van der Waals surface area contributed by atoms with Crippen molar-refractivity contribution < 1.29 is 9.53 Å². The van der Waals surface area contributed by atoms with E-state index in [1.165, 1.54) is 0 Å². The third kappa shape index (κ3) is 4.11. The number of aromatic nitrogens is 4. The van der Waals surface area contributed by atoms with E-state index in [0.29, 0.717) is 23.3 Å². The Morgan fingerprint density at radius 2 is 1.97 bits per heavy atom. The van der Waals surface area contributed by atoms with Gasteiger partial charge in [-0.25, -0.2) is 0 Å². The molecule has 9 nitrogen and oxygen atoms in total. The van der Waals surface area contributed by atoms with Crippen LogP contribution in [0.25, 0.3) is 16.8 Å². The van der Waals surface area contributed by atoms with Gasteiger partial charge in [0.25, 0.3) is 5.91 Å². The second-order valence-electron chi connectivity index (χ2n) is 9.52. The van der Waals surface area contributed by atoms with Crippen molar-refractivity contribution in [3.8, 4) is 11.3 Å². The summed E-state index contributed by atoms with van der Waals surface area (Å²) >= 11 is 0. The maximum atomic E-state index is 12.9. The zero-order chi connectivity index (χ0) is 23.9. The average Bonchev–Trinajstić information content (AvgIpc) is 3.41. The summed E-state index contributed by atoms with van der Waals surface area (Å²) in [5, 5.41) is 11.1. The Morgan fingerprint density at radius 3 is 2.71 bits per heavy atom. The standard InChI is InChI=1S/C26H29N7O2/c1-16-3-7-27-12-21(16)22-11-20-23(13-28-22)30-26(34)25(20)17(2)29-24-6-10-33(31-24)18-4-8-32(9-5-18)19-14-35-15-19/h3,6-7,10-13,18-19H,4-5,8-9,14-15H2,1-2H3,(H,29,31)(H,30,34)/b25-17-. The van der Waals surface area contributed by atoms with Gasteiger partial charge >= 0.3 is 0 Å². The van der Waals surface area contributed by atoms with Gasteiger partial charge in [-0.2, -0.15) is 5.10 Å². The number of likely N-dealkylation sites (tertiary alicyclic amines) is 1. The minimum Gasteiger partial charge on any atom is -0.378 e. The second kappa shape index (κ2) is 8.90. The number of aryl methyl sites for hydroxylation is 1. The maximum Gasteiger partial charge on any atom is 0.258 e. The van der Waals surface area contributed by atoms with E-state index in [-0.39, 0.29) is 5.91 Å². The van der Waals surface area contributed by atoms with E-state index in [9.17, 15) is 4.79 Å². The molecular weight excluding hydrogens is 442 g/mol. The third-order valence-corrected chi connectivity index (χ3v) is 7.27. The highest BCUT2D eigenvalue weighted by Crippen LogP contribution is 2.36. The molecule has 1 amide bonds. The van der Waals surface area contributed by atoms with E-state index in [0.717, 1.165) is 73.0 Å². The number of hydrogen-bond acceptors (Lipinski definition) is 7. The topological polar surface area (TPSA) is 97.2 Å². The highest BCUT2D eigenvalue weighted by Gasteiger charge is 2.31. The molecule has 2 saturated heterocycles. The van der Waals surface area contributed by atoms with Crippen molar-refractivity contribution in [1.29, 1.82) is 0 Å². The van der Waals surface area contributed by atoms with E-state index in [2.05, 4.69) is 30.2 Å². The molecule has 0 atom stereocenters. The van der Waals surface area contributed by atoms with Crippen LogP contribution < -0.4 is 10.6 Å². The van der Waals surface area contributed by atoms with Crippen LogP contribution in [0.5, 0.6) is 0 Å². The molecule has 3 aromatic heterocycles. The summed E-state index contributed by atoms with van der Waals surface area (Å²) in [6.45, 7) is 7.83. The Labute approximate surface area is 204 Å². The van der Waals surface area contributed by atoms with Crippen LogP contribution >= 0.6 is 0 Å². The maximum absolute atomic E-state index is 12.9. The number of nitrogens with one attached hydrogen (secondary N) is 2. The molecule has 6 heterocycles. The predicted molar refractivity (Wildman–Crippen MR) is 134 cm³/mol. The summed E-state index contributed by atoms with van der Waals surface area (Å²) in [5.41, 5.74) is 5.74. The van der Waals surface area contributed by atoms with Gasteiger partial charge in [0, 0.05) is 54.6 Å². The molecule has 0 radical (unpaired) electrons. The summed E-state index contributed by atoms with van der Waals surface area (Å²) in [4.78, 5) is 24.2. The number of carbonyl (C=O) groups is 1. The lowest BCUT2D eigenvalue weighted by atomic mass is 10.0. The fourth-order valence-corrected chi connectivity index (χ4v) is 5.13. The van der Waals surface area contributed by atoms with Crippen molar-refractivity contribution in [2.24, 2.45) is 0 Å². The van der Waals surface area contributed by atoms with Gasteiger partial charge in [-0.3, -0.25) is 24.3 Å². The van der Waals surface area contributed by atoms with Gasteiger partial charge in [-0.15, -0.1) is 0 Å². The van der Waals surface area contributed by atoms with Crippen LogP contribution in [-0.4, -0.2) is 62.9 Å². The lowest BCUT2D eigenvalue weighted by Crippen LogP contribution is -2.51. The molecule has 0 bridgehead atoms. The van der Waals surface area contributed by atoms with Crippen molar-refractivity contribution >= 4 is 23.0 Å². The molecule has 9 heteroatoms. The van der Waals surface area contributed by atoms with Crippen LogP contribution in [-0.2, 0) is 9.53 Å². The minimum atomic E-state index is -0.140. The fourth-order valence-electron chi connectivity index (χ4n) is 5.13. The molecule has 0 spiro atoms. The van der Waals surface area contributed by atoms with Crippen molar-refractivity contribution in [3.63, 3.8) is 0 Å².